The van der Waals surface area contributed by atoms with E-state index in [1.807, 2.05) is 0 Å². The smallest absolute Gasteiger partial charge is 0.220 e. The lowest BCUT2D eigenvalue weighted by molar-refractivity contribution is -0.121. The van der Waals surface area contributed by atoms with Gasteiger partial charge < -0.3 is 14.5 Å². The number of nitrogens with zero attached hydrogens (tertiary/aromatic N) is 1. The van der Waals surface area contributed by atoms with Gasteiger partial charge in [0.25, 0.3) is 0 Å². The predicted octanol–water partition coefficient (Wildman–Crippen LogP) is 2.71. The number of benzene rings is 1. The van der Waals surface area contributed by atoms with Crippen molar-refractivity contribution in [1.82, 2.24) is 10.3 Å². The fourth-order valence-electron chi connectivity index (χ4n) is 2.03. The van der Waals surface area contributed by atoms with Gasteiger partial charge in [0.1, 0.15) is 11.6 Å². The van der Waals surface area contributed by atoms with Crippen LogP contribution in [0.1, 0.15) is 18.7 Å². The van der Waals surface area contributed by atoms with Gasteiger partial charge in [-0.05, 0) is 18.6 Å². The Morgan fingerprint density at radius 1 is 1.35 bits per heavy atom. The van der Waals surface area contributed by atoms with Crippen molar-refractivity contribution in [2.45, 2.75) is 19.3 Å². The van der Waals surface area contributed by atoms with Crippen LogP contribution < -0.4 is 5.32 Å². The third-order valence-corrected chi connectivity index (χ3v) is 3.18. The van der Waals surface area contributed by atoms with Crippen LogP contribution >= 0.6 is 0 Å². The maximum Gasteiger partial charge on any atom is 0.220 e. The monoisotopic (exact) mass is 324 g/mol. The van der Waals surface area contributed by atoms with Crippen molar-refractivity contribution < 1.29 is 22.7 Å². The first kappa shape index (κ1) is 17.1. The Bertz CT molecular complexity index is 638. The van der Waals surface area contributed by atoms with E-state index >= 15 is 0 Å². The highest BCUT2D eigenvalue weighted by Gasteiger charge is 2.16. The van der Waals surface area contributed by atoms with Gasteiger partial charge >= 0.3 is 0 Å². The van der Waals surface area contributed by atoms with Gasteiger partial charge in [-0.15, -0.1) is 0 Å². The number of hydrogen-bond acceptors (Lipinski definition) is 4. The molecular formula is C16H18F2N2O3. The Morgan fingerprint density at radius 2 is 2.09 bits per heavy atom. The molecule has 0 bridgehead atoms. The van der Waals surface area contributed by atoms with Gasteiger partial charge in [0.15, 0.2) is 11.7 Å². The molecule has 0 fully saturated rings. The largest absolute Gasteiger partial charge is 0.441 e. The highest BCUT2D eigenvalue weighted by molar-refractivity contribution is 5.76. The summed E-state index contributed by atoms with van der Waals surface area (Å²) in [6.07, 6.45) is 2.43. The van der Waals surface area contributed by atoms with E-state index in [0.29, 0.717) is 13.2 Å². The van der Waals surface area contributed by atoms with Crippen molar-refractivity contribution >= 4 is 5.91 Å². The fraction of sp³-hybridized carbons (Fsp3) is 0.375. The number of aromatic nitrogens is 1. The number of hydrogen-bond donors (Lipinski definition) is 1. The molecule has 0 aliphatic heterocycles. The molecule has 1 aromatic heterocycles. The molecule has 0 saturated heterocycles. The molecule has 1 aromatic carbocycles. The Morgan fingerprint density at radius 3 is 2.78 bits per heavy atom. The molecule has 1 heterocycles. The Hall–Kier alpha value is -2.28. The molecule has 0 spiro atoms. The fourth-order valence-corrected chi connectivity index (χ4v) is 2.03. The number of carbonyl (C=O) groups excluding carboxylic acids is 1. The lowest BCUT2D eigenvalue weighted by atomic mass is 10.1. The van der Waals surface area contributed by atoms with E-state index in [2.05, 4.69) is 10.3 Å². The lowest BCUT2D eigenvalue weighted by Gasteiger charge is -2.03. The second-order valence-electron chi connectivity index (χ2n) is 4.91. The van der Waals surface area contributed by atoms with Crippen LogP contribution in [0.3, 0.4) is 0 Å². The van der Waals surface area contributed by atoms with Gasteiger partial charge in [0.05, 0.1) is 11.8 Å². The molecule has 0 saturated carbocycles. The molecule has 1 N–H and O–H groups in total. The topological polar surface area (TPSA) is 64.4 Å². The minimum absolute atomic E-state index is 0.0103. The van der Waals surface area contributed by atoms with Crippen LogP contribution in [0.15, 0.2) is 28.8 Å². The van der Waals surface area contributed by atoms with Gasteiger partial charge in [-0.2, -0.15) is 0 Å². The molecule has 5 nitrogen and oxygen atoms in total. The summed E-state index contributed by atoms with van der Waals surface area (Å²) in [5.41, 5.74) is -0.254. The summed E-state index contributed by atoms with van der Waals surface area (Å²) in [4.78, 5) is 15.6. The van der Waals surface area contributed by atoms with Crippen LogP contribution in [0, 0.1) is 11.6 Å². The Labute approximate surface area is 132 Å². The number of carbonyl (C=O) groups is 1. The zero-order valence-electron chi connectivity index (χ0n) is 12.8. The normalized spacial score (nSPS) is 10.7. The highest BCUT2D eigenvalue weighted by atomic mass is 19.1. The average Bonchev–Trinajstić information content (AvgIpc) is 2.98. The highest BCUT2D eigenvalue weighted by Crippen LogP contribution is 2.26. The van der Waals surface area contributed by atoms with Gasteiger partial charge in [0.2, 0.25) is 5.91 Å². The van der Waals surface area contributed by atoms with Crippen molar-refractivity contribution in [3.8, 4) is 11.3 Å². The molecular weight excluding hydrogens is 306 g/mol. The molecule has 7 heteroatoms. The Balaban J connectivity index is 1.89. The van der Waals surface area contributed by atoms with E-state index in [0.717, 1.165) is 18.6 Å². The van der Waals surface area contributed by atoms with Gasteiger partial charge in [0, 0.05) is 33.1 Å². The number of methoxy groups -OCH3 is 1. The number of ether oxygens (including phenoxy) is 1. The second-order valence-corrected chi connectivity index (χ2v) is 4.91. The van der Waals surface area contributed by atoms with Crippen LogP contribution in [0.25, 0.3) is 11.3 Å². The minimum Gasteiger partial charge on any atom is -0.441 e. The summed E-state index contributed by atoms with van der Waals surface area (Å²) in [7, 11) is 1.60. The zero-order valence-corrected chi connectivity index (χ0v) is 12.8. The molecule has 0 radical (unpaired) electrons. The van der Waals surface area contributed by atoms with Crippen LogP contribution in [0.2, 0.25) is 0 Å². The van der Waals surface area contributed by atoms with Crippen molar-refractivity contribution in [1.29, 1.82) is 0 Å². The summed E-state index contributed by atoms with van der Waals surface area (Å²) in [5.74, 6) is -1.31. The van der Waals surface area contributed by atoms with E-state index in [1.165, 1.54) is 12.3 Å². The number of nitrogens with one attached hydrogen (secondary N) is 1. The van der Waals surface area contributed by atoms with Crippen molar-refractivity contribution in [3.63, 3.8) is 0 Å². The summed E-state index contributed by atoms with van der Waals surface area (Å²) in [5, 5.41) is 2.74. The molecule has 1 amide bonds. The molecule has 0 unspecified atom stereocenters. The first-order valence-electron chi connectivity index (χ1n) is 7.26. The quantitative estimate of drug-likeness (QED) is 0.758. The standard InChI is InChI=1S/C16H18F2N2O3/c1-22-9-3-8-19-14(21)6-7-15-20-10-13(23-15)16-11(17)4-2-5-12(16)18/h2,4-5,10H,3,6-9H2,1H3,(H,19,21). The number of oxazole rings is 1. The third kappa shape index (κ3) is 4.85. The van der Waals surface area contributed by atoms with Crippen LogP contribution in [0.5, 0.6) is 0 Å². The van der Waals surface area contributed by atoms with Crippen molar-refractivity contribution in [3.05, 3.63) is 41.9 Å². The van der Waals surface area contributed by atoms with Gasteiger partial charge in [-0.1, -0.05) is 6.07 Å². The summed E-state index contributed by atoms with van der Waals surface area (Å²) < 4.78 is 37.5. The number of halogens is 2. The summed E-state index contributed by atoms with van der Waals surface area (Å²) >= 11 is 0. The SMILES string of the molecule is COCCCNC(=O)CCc1ncc(-c2c(F)cccc2F)o1. The van der Waals surface area contributed by atoms with E-state index in [4.69, 9.17) is 9.15 Å². The Kier molecular flexibility index (Phi) is 6.22. The number of aryl methyl sites for hydroxylation is 1. The maximum absolute atomic E-state index is 13.7. The first-order chi connectivity index (χ1) is 11.1. The van der Waals surface area contributed by atoms with E-state index in [9.17, 15) is 13.6 Å². The average molecular weight is 324 g/mol. The van der Waals surface area contributed by atoms with E-state index < -0.39 is 11.6 Å². The molecule has 124 valence electrons. The maximum atomic E-state index is 13.7. The minimum atomic E-state index is -0.719. The molecule has 0 aliphatic rings. The second kappa shape index (κ2) is 8.38. The van der Waals surface area contributed by atoms with Crippen LogP contribution in [-0.4, -0.2) is 31.2 Å². The first-order valence-corrected chi connectivity index (χ1v) is 7.26. The molecule has 0 atom stereocenters. The number of rotatable bonds is 8. The zero-order chi connectivity index (χ0) is 16.7. The lowest BCUT2D eigenvalue weighted by Crippen LogP contribution is -2.25. The molecule has 0 aliphatic carbocycles. The third-order valence-electron chi connectivity index (χ3n) is 3.18. The summed E-state index contributed by atoms with van der Waals surface area (Å²) in [6, 6.07) is 3.57. The van der Waals surface area contributed by atoms with E-state index in [-0.39, 0.29) is 36.0 Å². The van der Waals surface area contributed by atoms with E-state index in [1.54, 1.807) is 7.11 Å². The number of amides is 1. The summed E-state index contributed by atoms with van der Waals surface area (Å²) in [6.45, 7) is 1.11. The van der Waals surface area contributed by atoms with Crippen LogP contribution in [0.4, 0.5) is 8.78 Å². The van der Waals surface area contributed by atoms with Gasteiger partial charge in [-0.25, -0.2) is 13.8 Å². The molecule has 23 heavy (non-hydrogen) atoms. The molecule has 2 aromatic rings. The van der Waals surface area contributed by atoms with Crippen molar-refractivity contribution in [2.24, 2.45) is 0 Å². The van der Waals surface area contributed by atoms with Gasteiger partial charge in [-0.3, -0.25) is 4.79 Å². The van der Waals surface area contributed by atoms with Crippen molar-refractivity contribution in [2.75, 3.05) is 20.3 Å². The van der Waals surface area contributed by atoms with Crippen LogP contribution in [-0.2, 0) is 16.0 Å². The molecule has 2 rings (SSSR count). The predicted molar refractivity (Wildman–Crippen MR) is 79.7 cm³/mol.